The Kier molecular flexibility index (Phi) is 3.99. The fourth-order valence-electron chi connectivity index (χ4n) is 1.50. The topological polar surface area (TPSA) is 38.7 Å². The lowest BCUT2D eigenvalue weighted by molar-refractivity contribution is -0.139. The fraction of sp³-hybridized carbons (Fsp3) is 0.500. The standard InChI is InChI=1S/C12H20O3Si/c1-9(2)10-7-6-8-11(12(10)14-13)15-16(3,4)5/h6-9,13H,1-5H3. The van der Waals surface area contributed by atoms with Crippen LogP contribution in [0.15, 0.2) is 18.2 Å². The van der Waals surface area contributed by atoms with Gasteiger partial charge in [-0.15, -0.1) is 0 Å². The fourth-order valence-corrected chi connectivity index (χ4v) is 2.32. The summed E-state index contributed by atoms with van der Waals surface area (Å²) in [4.78, 5) is 4.48. The summed E-state index contributed by atoms with van der Waals surface area (Å²) in [7, 11) is -1.69. The van der Waals surface area contributed by atoms with Crippen LogP contribution in [0.25, 0.3) is 0 Å². The summed E-state index contributed by atoms with van der Waals surface area (Å²) in [5.41, 5.74) is 0.957. The number of hydrogen-bond donors (Lipinski definition) is 1. The highest BCUT2D eigenvalue weighted by Crippen LogP contribution is 2.36. The van der Waals surface area contributed by atoms with E-state index in [9.17, 15) is 0 Å². The second kappa shape index (κ2) is 4.89. The van der Waals surface area contributed by atoms with Gasteiger partial charge in [0.2, 0.25) is 14.1 Å². The molecule has 0 aromatic heterocycles. The molecule has 0 spiro atoms. The highest BCUT2D eigenvalue weighted by atomic mass is 28.4. The maximum Gasteiger partial charge on any atom is 0.242 e. The number of hydrogen-bond acceptors (Lipinski definition) is 3. The average Bonchev–Trinajstić information content (AvgIpc) is 2.14. The monoisotopic (exact) mass is 240 g/mol. The molecule has 1 N–H and O–H groups in total. The minimum atomic E-state index is -1.69. The summed E-state index contributed by atoms with van der Waals surface area (Å²) in [6, 6.07) is 5.69. The molecule has 1 aromatic carbocycles. The molecule has 0 aliphatic rings. The average molecular weight is 240 g/mol. The minimum Gasteiger partial charge on any atom is -0.542 e. The van der Waals surface area contributed by atoms with E-state index in [1.54, 1.807) is 0 Å². The summed E-state index contributed by atoms with van der Waals surface area (Å²) in [5, 5.41) is 8.98. The van der Waals surface area contributed by atoms with Gasteiger partial charge in [0.15, 0.2) is 5.75 Å². The van der Waals surface area contributed by atoms with Gasteiger partial charge in [-0.2, -0.15) is 0 Å². The first-order valence-electron chi connectivity index (χ1n) is 5.48. The van der Waals surface area contributed by atoms with Gasteiger partial charge in [-0.05, 0) is 31.6 Å². The number of para-hydroxylation sites is 1. The Morgan fingerprint density at radius 3 is 2.25 bits per heavy atom. The van der Waals surface area contributed by atoms with Gasteiger partial charge < -0.3 is 9.31 Å². The molecule has 90 valence electrons. The van der Waals surface area contributed by atoms with Gasteiger partial charge in [-0.25, -0.2) is 5.26 Å². The van der Waals surface area contributed by atoms with Crippen LogP contribution in [0.3, 0.4) is 0 Å². The molecule has 1 rings (SSSR count). The smallest absolute Gasteiger partial charge is 0.242 e. The summed E-state index contributed by atoms with van der Waals surface area (Å²) >= 11 is 0. The molecule has 0 saturated carbocycles. The van der Waals surface area contributed by atoms with Crippen LogP contribution in [-0.4, -0.2) is 13.6 Å². The molecule has 0 fully saturated rings. The molecular formula is C12H20O3Si. The molecule has 0 aliphatic carbocycles. The number of rotatable bonds is 4. The van der Waals surface area contributed by atoms with Crippen molar-refractivity contribution in [3.8, 4) is 11.5 Å². The van der Waals surface area contributed by atoms with Gasteiger partial charge in [-0.3, -0.25) is 0 Å². The third kappa shape index (κ3) is 3.25. The molecule has 0 unspecified atom stereocenters. The zero-order valence-corrected chi connectivity index (χ0v) is 11.6. The van der Waals surface area contributed by atoms with Crippen LogP contribution in [0.4, 0.5) is 0 Å². The summed E-state index contributed by atoms with van der Waals surface area (Å²) in [5.74, 6) is 1.36. The molecule has 0 saturated heterocycles. The normalized spacial score (nSPS) is 11.7. The van der Waals surface area contributed by atoms with E-state index in [2.05, 4.69) is 38.4 Å². The molecule has 0 radical (unpaired) electrons. The third-order valence-corrected chi connectivity index (χ3v) is 2.97. The lowest BCUT2D eigenvalue weighted by Crippen LogP contribution is -2.29. The van der Waals surface area contributed by atoms with Gasteiger partial charge in [0.1, 0.15) is 0 Å². The highest BCUT2D eigenvalue weighted by molar-refractivity contribution is 6.70. The first kappa shape index (κ1) is 13.1. The van der Waals surface area contributed by atoms with Crippen molar-refractivity contribution in [3.05, 3.63) is 23.8 Å². The van der Waals surface area contributed by atoms with E-state index < -0.39 is 8.32 Å². The number of benzene rings is 1. The van der Waals surface area contributed by atoms with Crippen molar-refractivity contribution >= 4 is 8.32 Å². The van der Waals surface area contributed by atoms with Gasteiger partial charge in [0.05, 0.1) is 0 Å². The molecule has 4 heteroatoms. The van der Waals surface area contributed by atoms with Gasteiger partial charge in [0, 0.05) is 5.56 Å². The van der Waals surface area contributed by atoms with Crippen molar-refractivity contribution < 1.29 is 14.6 Å². The molecule has 3 nitrogen and oxygen atoms in total. The van der Waals surface area contributed by atoms with E-state index in [1.165, 1.54) is 0 Å². The van der Waals surface area contributed by atoms with E-state index in [0.29, 0.717) is 11.5 Å². The van der Waals surface area contributed by atoms with Crippen LogP contribution in [0, 0.1) is 0 Å². The van der Waals surface area contributed by atoms with Crippen LogP contribution in [0.2, 0.25) is 19.6 Å². The third-order valence-electron chi connectivity index (χ3n) is 2.14. The Bertz CT molecular complexity index is 356. The Labute approximate surface area is 98.1 Å². The molecule has 0 heterocycles. The Morgan fingerprint density at radius 2 is 1.81 bits per heavy atom. The molecular weight excluding hydrogens is 220 g/mol. The van der Waals surface area contributed by atoms with Crippen LogP contribution < -0.4 is 9.31 Å². The van der Waals surface area contributed by atoms with Crippen molar-refractivity contribution in [1.29, 1.82) is 0 Å². The van der Waals surface area contributed by atoms with Gasteiger partial charge in [-0.1, -0.05) is 26.0 Å². The predicted octanol–water partition coefficient (Wildman–Crippen LogP) is 3.88. The van der Waals surface area contributed by atoms with Gasteiger partial charge in [0.25, 0.3) is 0 Å². The van der Waals surface area contributed by atoms with E-state index in [0.717, 1.165) is 5.56 Å². The van der Waals surface area contributed by atoms with Crippen molar-refractivity contribution in [1.82, 2.24) is 0 Å². The van der Waals surface area contributed by atoms with Crippen LogP contribution in [0.5, 0.6) is 11.5 Å². The zero-order valence-electron chi connectivity index (χ0n) is 10.6. The second-order valence-electron chi connectivity index (χ2n) is 5.13. The first-order valence-corrected chi connectivity index (χ1v) is 8.89. The van der Waals surface area contributed by atoms with Gasteiger partial charge >= 0.3 is 0 Å². The van der Waals surface area contributed by atoms with Crippen molar-refractivity contribution in [2.24, 2.45) is 0 Å². The second-order valence-corrected chi connectivity index (χ2v) is 9.56. The van der Waals surface area contributed by atoms with Crippen molar-refractivity contribution in [2.45, 2.75) is 39.4 Å². The first-order chi connectivity index (χ1) is 7.35. The minimum absolute atomic E-state index is 0.285. The maximum absolute atomic E-state index is 8.98. The Balaban J connectivity index is 3.14. The zero-order chi connectivity index (χ0) is 12.3. The predicted molar refractivity (Wildman–Crippen MR) is 67.8 cm³/mol. The van der Waals surface area contributed by atoms with Crippen LogP contribution in [0.1, 0.15) is 25.3 Å². The maximum atomic E-state index is 8.98. The van der Waals surface area contributed by atoms with E-state index in [-0.39, 0.29) is 5.92 Å². The largest absolute Gasteiger partial charge is 0.542 e. The molecule has 0 amide bonds. The lowest BCUT2D eigenvalue weighted by atomic mass is 10.0. The van der Waals surface area contributed by atoms with Crippen LogP contribution >= 0.6 is 0 Å². The lowest BCUT2D eigenvalue weighted by Gasteiger charge is -2.22. The van der Waals surface area contributed by atoms with Crippen molar-refractivity contribution in [2.75, 3.05) is 0 Å². The molecule has 0 atom stereocenters. The Morgan fingerprint density at radius 1 is 1.19 bits per heavy atom. The summed E-state index contributed by atoms with van der Waals surface area (Å²) < 4.78 is 5.87. The Hall–Kier alpha value is -1.00. The molecule has 1 aromatic rings. The molecule has 0 aliphatic heterocycles. The highest BCUT2D eigenvalue weighted by Gasteiger charge is 2.21. The van der Waals surface area contributed by atoms with E-state index in [1.807, 2.05) is 18.2 Å². The SMILES string of the molecule is CC(C)c1cccc(O[Si](C)(C)C)c1OO. The summed E-state index contributed by atoms with van der Waals surface area (Å²) in [6.07, 6.45) is 0. The van der Waals surface area contributed by atoms with E-state index in [4.69, 9.17) is 9.68 Å². The quantitative estimate of drug-likeness (QED) is 0.493. The molecule has 0 bridgehead atoms. The summed E-state index contributed by atoms with van der Waals surface area (Å²) in [6.45, 7) is 10.4. The van der Waals surface area contributed by atoms with Crippen molar-refractivity contribution in [3.63, 3.8) is 0 Å². The van der Waals surface area contributed by atoms with Crippen LogP contribution in [-0.2, 0) is 0 Å². The molecule has 16 heavy (non-hydrogen) atoms. The van der Waals surface area contributed by atoms with E-state index >= 15 is 0 Å².